The standard InChI is InChI=1S/C10H13N3O5/c1-3(8(15)7(13-11)10(17)18)6-5(4(2)14)9(16)12-6/h3-6,14H,1-2H3,(H,12,16)(H,17,18)/t3-,4-,5-,6-/m1/s1. The number of aliphatic carboxylic acids is 1. The molecule has 8 heteroatoms. The monoisotopic (exact) mass is 255 g/mol. The topological polar surface area (TPSA) is 140 Å². The maximum Gasteiger partial charge on any atom is 0.441 e. The number of amides is 1. The van der Waals surface area contributed by atoms with Crippen LogP contribution in [0.25, 0.3) is 5.53 Å². The van der Waals surface area contributed by atoms with E-state index in [9.17, 15) is 19.5 Å². The van der Waals surface area contributed by atoms with Crippen LogP contribution in [0.5, 0.6) is 0 Å². The zero-order chi connectivity index (χ0) is 14.0. The number of hydrogen-bond acceptors (Lipinski definition) is 4. The van der Waals surface area contributed by atoms with E-state index in [4.69, 9.17) is 10.6 Å². The minimum absolute atomic E-state index is 0.396. The smallest absolute Gasteiger partial charge is 0.441 e. The van der Waals surface area contributed by atoms with Crippen LogP contribution in [0.3, 0.4) is 0 Å². The van der Waals surface area contributed by atoms with Gasteiger partial charge in [-0.3, -0.25) is 9.59 Å². The molecule has 1 aliphatic heterocycles. The number of carboxylic acids is 1. The third-order valence-corrected chi connectivity index (χ3v) is 3.01. The van der Waals surface area contributed by atoms with Crippen molar-refractivity contribution < 1.29 is 29.4 Å². The van der Waals surface area contributed by atoms with E-state index in [1.807, 2.05) is 0 Å². The van der Waals surface area contributed by atoms with E-state index in [2.05, 4.69) is 10.1 Å². The lowest BCUT2D eigenvalue weighted by molar-refractivity contribution is -0.145. The molecule has 0 saturated carbocycles. The summed E-state index contributed by atoms with van der Waals surface area (Å²) >= 11 is 0. The molecule has 1 aliphatic rings. The third-order valence-electron chi connectivity index (χ3n) is 3.01. The van der Waals surface area contributed by atoms with Gasteiger partial charge in [-0.1, -0.05) is 6.92 Å². The van der Waals surface area contributed by atoms with Gasteiger partial charge in [-0.15, -0.1) is 0 Å². The summed E-state index contributed by atoms with van der Waals surface area (Å²) in [4.78, 5) is 36.0. The van der Waals surface area contributed by atoms with Crippen LogP contribution in [0, 0.1) is 11.8 Å². The number of ketones is 1. The Morgan fingerprint density at radius 3 is 2.33 bits per heavy atom. The van der Waals surface area contributed by atoms with Crippen molar-refractivity contribution in [2.24, 2.45) is 11.8 Å². The fourth-order valence-corrected chi connectivity index (χ4v) is 1.95. The van der Waals surface area contributed by atoms with E-state index < -0.39 is 47.4 Å². The molecule has 0 aromatic heterocycles. The van der Waals surface area contributed by atoms with Crippen molar-refractivity contribution in [3.8, 4) is 0 Å². The maximum atomic E-state index is 11.7. The SMILES string of the molecule is C[C@@H](O)[C@H]1C(=O)N[C@@H]1[C@@H](C)C(=O)C(=[N+]=[N-])C(=O)O. The van der Waals surface area contributed by atoms with E-state index in [0.29, 0.717) is 0 Å². The summed E-state index contributed by atoms with van der Waals surface area (Å²) in [6.45, 7) is 2.81. The van der Waals surface area contributed by atoms with Crippen molar-refractivity contribution in [1.29, 1.82) is 0 Å². The molecule has 3 N–H and O–H groups in total. The van der Waals surface area contributed by atoms with Crippen LogP contribution < -0.4 is 5.32 Å². The first-order valence-corrected chi connectivity index (χ1v) is 5.29. The molecule has 1 rings (SSSR count). The van der Waals surface area contributed by atoms with E-state index in [-0.39, 0.29) is 0 Å². The van der Waals surface area contributed by atoms with Gasteiger partial charge in [0, 0.05) is 5.92 Å². The molecule has 1 amide bonds. The van der Waals surface area contributed by atoms with Gasteiger partial charge in [-0.25, -0.2) is 4.79 Å². The van der Waals surface area contributed by atoms with Gasteiger partial charge in [-0.2, -0.15) is 4.79 Å². The van der Waals surface area contributed by atoms with E-state index >= 15 is 0 Å². The quantitative estimate of drug-likeness (QED) is 0.179. The molecule has 8 nitrogen and oxygen atoms in total. The number of β-lactam (4-membered cyclic amide) rings is 1. The lowest BCUT2D eigenvalue weighted by atomic mass is 9.76. The zero-order valence-corrected chi connectivity index (χ0v) is 9.82. The van der Waals surface area contributed by atoms with E-state index in [1.54, 1.807) is 0 Å². The first-order chi connectivity index (χ1) is 8.31. The highest BCUT2D eigenvalue weighted by molar-refractivity contribution is 6.62. The van der Waals surface area contributed by atoms with Crippen LogP contribution in [-0.2, 0) is 14.4 Å². The van der Waals surface area contributed by atoms with Crippen molar-refractivity contribution >= 4 is 23.4 Å². The lowest BCUT2D eigenvalue weighted by Crippen LogP contribution is -2.66. The van der Waals surface area contributed by atoms with Crippen LogP contribution in [0.4, 0.5) is 0 Å². The second-order valence-electron chi connectivity index (χ2n) is 4.21. The normalized spacial score (nSPS) is 25.2. The summed E-state index contributed by atoms with van der Waals surface area (Å²) in [5.41, 5.74) is 7.47. The van der Waals surface area contributed by atoms with Gasteiger partial charge in [0.15, 0.2) is 0 Å². The molecule has 1 saturated heterocycles. The van der Waals surface area contributed by atoms with Crippen LogP contribution >= 0.6 is 0 Å². The molecule has 0 bridgehead atoms. The first-order valence-electron chi connectivity index (χ1n) is 5.29. The fraction of sp³-hybridized carbons (Fsp3) is 0.600. The Bertz CT molecular complexity index is 452. The summed E-state index contributed by atoms with van der Waals surface area (Å²) in [7, 11) is 0. The fourth-order valence-electron chi connectivity index (χ4n) is 1.95. The number of aliphatic hydroxyl groups is 1. The van der Waals surface area contributed by atoms with E-state index in [1.165, 1.54) is 13.8 Å². The summed E-state index contributed by atoms with van der Waals surface area (Å²) in [5, 5.41) is 20.4. The van der Waals surface area contributed by atoms with Gasteiger partial charge in [0.25, 0.3) is 5.78 Å². The maximum absolute atomic E-state index is 11.7. The third kappa shape index (κ3) is 2.29. The number of rotatable bonds is 5. The molecule has 0 aromatic carbocycles. The second-order valence-corrected chi connectivity index (χ2v) is 4.21. The van der Waals surface area contributed by atoms with Crippen LogP contribution in [0.1, 0.15) is 13.8 Å². The van der Waals surface area contributed by atoms with Crippen molar-refractivity contribution in [2.75, 3.05) is 0 Å². The average molecular weight is 255 g/mol. The summed E-state index contributed by atoms with van der Waals surface area (Å²) in [6.07, 6.45) is -0.946. The number of nitrogens with one attached hydrogen (secondary N) is 1. The minimum Gasteiger partial charge on any atom is -0.472 e. The highest BCUT2D eigenvalue weighted by Gasteiger charge is 2.49. The number of aliphatic hydroxyl groups excluding tert-OH is 1. The Morgan fingerprint density at radius 2 is 2.00 bits per heavy atom. The Morgan fingerprint density at radius 1 is 1.44 bits per heavy atom. The highest BCUT2D eigenvalue weighted by Crippen LogP contribution is 2.26. The molecule has 0 aromatic rings. The summed E-state index contributed by atoms with van der Waals surface area (Å²) < 4.78 is 0. The van der Waals surface area contributed by atoms with Crippen molar-refractivity contribution in [3.05, 3.63) is 5.53 Å². The molecule has 98 valence electrons. The minimum atomic E-state index is -1.64. The molecule has 1 heterocycles. The number of hydrogen-bond donors (Lipinski definition) is 3. The Hall–Kier alpha value is -2.05. The summed E-state index contributed by atoms with van der Waals surface area (Å²) in [5.74, 6) is -4.61. The van der Waals surface area contributed by atoms with Crippen LogP contribution in [0.15, 0.2) is 0 Å². The second kappa shape index (κ2) is 5.07. The molecule has 0 radical (unpaired) electrons. The van der Waals surface area contributed by atoms with Gasteiger partial charge in [-0.05, 0) is 6.92 Å². The number of carbonyl (C=O) groups is 3. The molecule has 1 fully saturated rings. The zero-order valence-electron chi connectivity index (χ0n) is 9.82. The summed E-state index contributed by atoms with van der Waals surface area (Å²) in [6, 6.07) is -0.666. The van der Waals surface area contributed by atoms with Gasteiger partial charge in [0.2, 0.25) is 5.91 Å². The predicted molar refractivity (Wildman–Crippen MR) is 57.5 cm³/mol. The highest BCUT2D eigenvalue weighted by atomic mass is 16.4. The molecule has 0 unspecified atom stereocenters. The number of carboxylic acid groups (broad SMARTS) is 1. The Balaban J connectivity index is 2.86. The molecular weight excluding hydrogens is 242 g/mol. The van der Waals surface area contributed by atoms with Crippen molar-refractivity contribution in [2.45, 2.75) is 26.0 Å². The molecular formula is C10H13N3O5. The van der Waals surface area contributed by atoms with Gasteiger partial charge < -0.3 is 21.1 Å². The average Bonchev–Trinajstić information content (AvgIpc) is 2.24. The molecule has 0 aliphatic carbocycles. The Labute approximate surface area is 102 Å². The van der Waals surface area contributed by atoms with Gasteiger partial charge in [0.05, 0.1) is 18.1 Å². The van der Waals surface area contributed by atoms with Crippen molar-refractivity contribution in [3.63, 3.8) is 0 Å². The van der Waals surface area contributed by atoms with Crippen LogP contribution in [0.2, 0.25) is 0 Å². The van der Waals surface area contributed by atoms with Crippen molar-refractivity contribution in [1.82, 2.24) is 5.32 Å². The molecule has 18 heavy (non-hydrogen) atoms. The number of Topliss-reactive ketones (excluding diaryl/α,β-unsaturated/α-hetero) is 1. The van der Waals surface area contributed by atoms with Crippen LogP contribution in [-0.4, -0.2) is 50.5 Å². The molecule has 0 spiro atoms. The number of carbonyl (C=O) groups excluding carboxylic acids is 2. The Kier molecular flexibility index (Phi) is 3.95. The predicted octanol–water partition coefficient (Wildman–Crippen LogP) is -1.56. The van der Waals surface area contributed by atoms with Gasteiger partial charge in [0.1, 0.15) is 0 Å². The first kappa shape index (κ1) is 14.0. The lowest BCUT2D eigenvalue weighted by Gasteiger charge is -2.40. The van der Waals surface area contributed by atoms with Gasteiger partial charge >= 0.3 is 11.7 Å². The molecule has 4 atom stereocenters. The largest absolute Gasteiger partial charge is 0.472 e. The number of nitrogens with zero attached hydrogens (tertiary/aromatic N) is 2. The van der Waals surface area contributed by atoms with E-state index in [0.717, 1.165) is 0 Å².